The highest BCUT2D eigenvalue weighted by Gasteiger charge is 2.07. The zero-order valence-electron chi connectivity index (χ0n) is 13.3. The second-order valence-corrected chi connectivity index (χ2v) is 6.42. The third-order valence-electron chi connectivity index (χ3n) is 3.05. The lowest BCUT2D eigenvalue weighted by Gasteiger charge is -2.12. The molecule has 0 spiro atoms. The van der Waals surface area contributed by atoms with E-state index in [1.54, 1.807) is 7.11 Å². The molecule has 1 N–H and O–H groups in total. The topological polar surface area (TPSA) is 47.6 Å². The Hall–Kier alpha value is -1.04. The summed E-state index contributed by atoms with van der Waals surface area (Å²) in [5.74, 6) is -0.142. The van der Waals surface area contributed by atoms with Crippen LogP contribution in [0.3, 0.4) is 0 Å². The summed E-state index contributed by atoms with van der Waals surface area (Å²) in [7, 11) is 1.60. The summed E-state index contributed by atoms with van der Waals surface area (Å²) in [4.78, 5) is 13.0. The SMILES string of the molecule is CC[C@@H](C)Sc1ccc(NC(=O)COCCOC)c(C)c1. The van der Waals surface area contributed by atoms with E-state index in [1.807, 2.05) is 30.8 Å². The number of methoxy groups -OCH3 is 1. The number of amides is 1. The van der Waals surface area contributed by atoms with Gasteiger partial charge in [0.1, 0.15) is 6.61 Å². The van der Waals surface area contributed by atoms with E-state index < -0.39 is 0 Å². The van der Waals surface area contributed by atoms with Crippen molar-refractivity contribution in [2.75, 3.05) is 32.2 Å². The second kappa shape index (κ2) is 9.82. The van der Waals surface area contributed by atoms with Crippen LogP contribution in [-0.4, -0.2) is 38.1 Å². The van der Waals surface area contributed by atoms with E-state index in [4.69, 9.17) is 9.47 Å². The molecule has 1 aromatic carbocycles. The molecule has 21 heavy (non-hydrogen) atoms. The number of aryl methyl sites for hydroxylation is 1. The summed E-state index contributed by atoms with van der Waals surface area (Å²) >= 11 is 1.85. The fourth-order valence-electron chi connectivity index (χ4n) is 1.66. The molecular formula is C16H25NO3S. The van der Waals surface area contributed by atoms with E-state index >= 15 is 0 Å². The molecule has 1 amide bonds. The van der Waals surface area contributed by atoms with Crippen LogP contribution in [0.25, 0.3) is 0 Å². The number of hydrogen-bond donors (Lipinski definition) is 1. The minimum atomic E-state index is -0.142. The maximum Gasteiger partial charge on any atom is 0.250 e. The van der Waals surface area contributed by atoms with E-state index in [2.05, 4.69) is 25.2 Å². The highest BCUT2D eigenvalue weighted by atomic mass is 32.2. The Morgan fingerprint density at radius 1 is 1.38 bits per heavy atom. The summed E-state index contributed by atoms with van der Waals surface area (Å²) in [6, 6.07) is 6.11. The Labute approximate surface area is 131 Å². The number of nitrogens with one attached hydrogen (secondary N) is 1. The van der Waals surface area contributed by atoms with Crippen LogP contribution in [0.4, 0.5) is 5.69 Å². The molecule has 1 atom stereocenters. The quantitative estimate of drug-likeness (QED) is 0.560. The zero-order valence-corrected chi connectivity index (χ0v) is 14.1. The monoisotopic (exact) mass is 311 g/mol. The zero-order chi connectivity index (χ0) is 15.7. The van der Waals surface area contributed by atoms with E-state index in [1.165, 1.54) is 4.90 Å². The maximum absolute atomic E-state index is 11.8. The normalized spacial score (nSPS) is 12.2. The number of anilines is 1. The van der Waals surface area contributed by atoms with E-state index in [-0.39, 0.29) is 12.5 Å². The van der Waals surface area contributed by atoms with Gasteiger partial charge in [-0.2, -0.15) is 0 Å². The minimum Gasteiger partial charge on any atom is -0.382 e. The molecule has 0 bridgehead atoms. The number of ether oxygens (including phenoxy) is 2. The van der Waals surface area contributed by atoms with Crippen LogP contribution in [0.2, 0.25) is 0 Å². The molecule has 0 saturated heterocycles. The molecule has 0 aliphatic rings. The van der Waals surface area contributed by atoms with E-state index in [0.717, 1.165) is 17.7 Å². The molecule has 0 heterocycles. The first-order valence-electron chi connectivity index (χ1n) is 7.20. The highest BCUT2D eigenvalue weighted by molar-refractivity contribution is 7.99. The molecule has 1 rings (SSSR count). The summed E-state index contributed by atoms with van der Waals surface area (Å²) < 4.78 is 10.1. The first-order valence-corrected chi connectivity index (χ1v) is 8.08. The molecule has 5 heteroatoms. The van der Waals surface area contributed by atoms with Crippen LogP contribution < -0.4 is 5.32 Å². The number of carbonyl (C=O) groups excluding carboxylic acids is 1. The van der Waals surface area contributed by atoms with Crippen molar-refractivity contribution >= 4 is 23.4 Å². The van der Waals surface area contributed by atoms with Crippen LogP contribution in [0.5, 0.6) is 0 Å². The Balaban J connectivity index is 2.50. The first-order chi connectivity index (χ1) is 10.1. The van der Waals surface area contributed by atoms with Gasteiger partial charge in [0, 0.05) is 22.9 Å². The molecule has 118 valence electrons. The molecule has 0 radical (unpaired) electrons. The number of hydrogen-bond acceptors (Lipinski definition) is 4. The van der Waals surface area contributed by atoms with Gasteiger partial charge < -0.3 is 14.8 Å². The lowest BCUT2D eigenvalue weighted by Crippen LogP contribution is -2.20. The Morgan fingerprint density at radius 2 is 2.14 bits per heavy atom. The molecular weight excluding hydrogens is 286 g/mol. The average Bonchev–Trinajstić information content (AvgIpc) is 2.46. The number of thioether (sulfide) groups is 1. The van der Waals surface area contributed by atoms with Gasteiger partial charge in [-0.3, -0.25) is 4.79 Å². The van der Waals surface area contributed by atoms with Gasteiger partial charge in [-0.1, -0.05) is 13.8 Å². The van der Waals surface area contributed by atoms with Gasteiger partial charge >= 0.3 is 0 Å². The average molecular weight is 311 g/mol. The third kappa shape index (κ3) is 6.98. The Bertz CT molecular complexity index is 451. The lowest BCUT2D eigenvalue weighted by molar-refractivity contribution is -0.121. The van der Waals surface area contributed by atoms with Gasteiger partial charge in [-0.25, -0.2) is 0 Å². The molecule has 0 aliphatic heterocycles. The summed E-state index contributed by atoms with van der Waals surface area (Å²) in [5, 5.41) is 3.46. The van der Waals surface area contributed by atoms with Gasteiger partial charge in [0.25, 0.3) is 0 Å². The van der Waals surface area contributed by atoms with Gasteiger partial charge in [0.05, 0.1) is 13.2 Å². The molecule has 0 saturated carbocycles. The molecule has 0 aliphatic carbocycles. The van der Waals surface area contributed by atoms with Crippen LogP contribution in [0, 0.1) is 6.92 Å². The molecule has 0 aromatic heterocycles. The van der Waals surface area contributed by atoms with Gasteiger partial charge in [-0.05, 0) is 37.1 Å². The largest absolute Gasteiger partial charge is 0.382 e. The summed E-state index contributed by atoms with van der Waals surface area (Å²) in [5.41, 5.74) is 1.90. The Kier molecular flexibility index (Phi) is 8.42. The second-order valence-electron chi connectivity index (χ2n) is 4.91. The summed E-state index contributed by atoms with van der Waals surface area (Å²) in [6.07, 6.45) is 1.14. The van der Waals surface area contributed by atoms with Crippen molar-refractivity contribution in [2.45, 2.75) is 37.3 Å². The lowest BCUT2D eigenvalue weighted by atomic mass is 10.2. The van der Waals surface area contributed by atoms with Gasteiger partial charge in [-0.15, -0.1) is 11.8 Å². The van der Waals surface area contributed by atoms with Crippen molar-refractivity contribution in [3.05, 3.63) is 23.8 Å². The first kappa shape index (κ1) is 18.0. The smallest absolute Gasteiger partial charge is 0.250 e. The fraction of sp³-hybridized carbons (Fsp3) is 0.562. The molecule has 0 fully saturated rings. The van der Waals surface area contributed by atoms with Crippen LogP contribution in [0.1, 0.15) is 25.8 Å². The summed E-state index contributed by atoms with van der Waals surface area (Å²) in [6.45, 7) is 7.37. The van der Waals surface area contributed by atoms with Crippen molar-refractivity contribution < 1.29 is 14.3 Å². The van der Waals surface area contributed by atoms with Crippen LogP contribution in [0.15, 0.2) is 23.1 Å². The van der Waals surface area contributed by atoms with Crippen LogP contribution in [-0.2, 0) is 14.3 Å². The van der Waals surface area contributed by atoms with Crippen molar-refractivity contribution in [3.8, 4) is 0 Å². The number of carbonyl (C=O) groups is 1. The van der Waals surface area contributed by atoms with Crippen molar-refractivity contribution in [1.82, 2.24) is 0 Å². The standard InChI is InChI=1S/C16H25NO3S/c1-5-13(3)21-14-6-7-15(12(2)10-14)17-16(18)11-20-9-8-19-4/h6-7,10,13H,5,8-9,11H2,1-4H3,(H,17,18)/t13-/m1/s1. The van der Waals surface area contributed by atoms with Gasteiger partial charge in [0.2, 0.25) is 5.91 Å². The van der Waals surface area contributed by atoms with E-state index in [9.17, 15) is 4.79 Å². The van der Waals surface area contributed by atoms with Crippen molar-refractivity contribution in [2.24, 2.45) is 0 Å². The van der Waals surface area contributed by atoms with Gasteiger partial charge in [0.15, 0.2) is 0 Å². The van der Waals surface area contributed by atoms with Crippen molar-refractivity contribution in [1.29, 1.82) is 0 Å². The highest BCUT2D eigenvalue weighted by Crippen LogP contribution is 2.28. The number of benzene rings is 1. The predicted octanol–water partition coefficient (Wildman–Crippen LogP) is 3.49. The fourth-order valence-corrected chi connectivity index (χ4v) is 2.68. The Morgan fingerprint density at radius 3 is 2.76 bits per heavy atom. The number of rotatable bonds is 9. The van der Waals surface area contributed by atoms with E-state index in [0.29, 0.717) is 18.5 Å². The van der Waals surface area contributed by atoms with Crippen LogP contribution >= 0.6 is 11.8 Å². The molecule has 0 unspecified atom stereocenters. The third-order valence-corrected chi connectivity index (χ3v) is 4.31. The predicted molar refractivity (Wildman–Crippen MR) is 88.1 cm³/mol. The minimum absolute atomic E-state index is 0.0478. The molecule has 1 aromatic rings. The van der Waals surface area contributed by atoms with Crippen molar-refractivity contribution in [3.63, 3.8) is 0 Å². The molecule has 4 nitrogen and oxygen atoms in total. The maximum atomic E-state index is 11.8.